The molecular formula is C15H20N2S. The van der Waals surface area contributed by atoms with Crippen LogP contribution in [0.2, 0.25) is 0 Å². The van der Waals surface area contributed by atoms with Gasteiger partial charge in [-0.1, -0.05) is 30.7 Å². The molecule has 0 aliphatic heterocycles. The summed E-state index contributed by atoms with van der Waals surface area (Å²) in [5.74, 6) is 0. The number of nitrogens with zero attached hydrogens (tertiary/aromatic N) is 1. The average molecular weight is 260 g/mol. The normalized spacial score (nSPS) is 12.7. The van der Waals surface area contributed by atoms with Gasteiger partial charge in [-0.15, -0.1) is 11.3 Å². The number of hydrogen-bond acceptors (Lipinski definition) is 3. The molecule has 0 radical (unpaired) electrons. The van der Waals surface area contributed by atoms with Crippen molar-refractivity contribution in [2.45, 2.75) is 40.2 Å². The molecule has 0 saturated carbocycles. The number of hydrogen-bond donors (Lipinski definition) is 1. The van der Waals surface area contributed by atoms with Crippen LogP contribution in [0.15, 0.2) is 18.2 Å². The fourth-order valence-electron chi connectivity index (χ4n) is 2.22. The lowest BCUT2D eigenvalue weighted by molar-refractivity contribution is 0.836. The standard InChI is InChI=1S/C15H20N2S/c1-5-13-11(4)18-15(17-13)14(16)12-7-6-9(2)8-10(12)3/h6-8,14H,5,16H2,1-4H3. The fraction of sp³-hybridized carbons (Fsp3) is 0.400. The quantitative estimate of drug-likeness (QED) is 0.914. The molecule has 1 atom stereocenters. The number of rotatable bonds is 3. The first-order valence-electron chi connectivity index (χ1n) is 6.31. The van der Waals surface area contributed by atoms with Crippen molar-refractivity contribution in [1.29, 1.82) is 0 Å². The summed E-state index contributed by atoms with van der Waals surface area (Å²) >= 11 is 1.72. The van der Waals surface area contributed by atoms with Crippen LogP contribution in [-0.4, -0.2) is 4.98 Å². The summed E-state index contributed by atoms with van der Waals surface area (Å²) in [5, 5.41) is 1.02. The maximum Gasteiger partial charge on any atom is 0.114 e. The van der Waals surface area contributed by atoms with Crippen LogP contribution in [0.5, 0.6) is 0 Å². The third-order valence-electron chi connectivity index (χ3n) is 3.27. The lowest BCUT2D eigenvalue weighted by atomic mass is 10.0. The summed E-state index contributed by atoms with van der Waals surface area (Å²) in [6, 6.07) is 6.31. The molecule has 1 heterocycles. The van der Waals surface area contributed by atoms with Crippen molar-refractivity contribution < 1.29 is 0 Å². The van der Waals surface area contributed by atoms with Crippen molar-refractivity contribution in [2.24, 2.45) is 5.73 Å². The predicted octanol–water partition coefficient (Wildman–Crippen LogP) is 3.68. The second kappa shape index (κ2) is 5.21. The predicted molar refractivity (Wildman–Crippen MR) is 78.2 cm³/mol. The topological polar surface area (TPSA) is 38.9 Å². The van der Waals surface area contributed by atoms with Gasteiger partial charge in [-0.25, -0.2) is 4.98 Å². The molecule has 2 aromatic rings. The maximum atomic E-state index is 6.35. The van der Waals surface area contributed by atoms with Gasteiger partial charge in [0.25, 0.3) is 0 Å². The Bertz CT molecular complexity index is 558. The van der Waals surface area contributed by atoms with E-state index in [-0.39, 0.29) is 6.04 Å². The van der Waals surface area contributed by atoms with Gasteiger partial charge < -0.3 is 5.73 Å². The van der Waals surface area contributed by atoms with E-state index in [1.54, 1.807) is 11.3 Å². The maximum absolute atomic E-state index is 6.35. The number of thiazole rings is 1. The number of benzene rings is 1. The van der Waals surface area contributed by atoms with Crippen LogP contribution in [0, 0.1) is 20.8 Å². The van der Waals surface area contributed by atoms with Crippen LogP contribution in [0.1, 0.15) is 45.2 Å². The first kappa shape index (κ1) is 13.2. The monoisotopic (exact) mass is 260 g/mol. The average Bonchev–Trinajstić information content (AvgIpc) is 2.70. The minimum atomic E-state index is -0.102. The molecule has 0 amide bonds. The minimum Gasteiger partial charge on any atom is -0.318 e. The Morgan fingerprint density at radius 3 is 2.56 bits per heavy atom. The van der Waals surface area contributed by atoms with Crippen LogP contribution in [0.4, 0.5) is 0 Å². The molecule has 2 rings (SSSR count). The van der Waals surface area contributed by atoms with Gasteiger partial charge >= 0.3 is 0 Å². The van der Waals surface area contributed by atoms with E-state index in [0.717, 1.165) is 11.4 Å². The fourth-order valence-corrected chi connectivity index (χ4v) is 3.25. The Labute approximate surface area is 113 Å². The summed E-state index contributed by atoms with van der Waals surface area (Å²) < 4.78 is 0. The third kappa shape index (κ3) is 2.47. The molecule has 18 heavy (non-hydrogen) atoms. The van der Waals surface area contributed by atoms with Crippen LogP contribution in [0.3, 0.4) is 0 Å². The lowest BCUT2D eigenvalue weighted by Crippen LogP contribution is -2.13. The van der Waals surface area contributed by atoms with Crippen LogP contribution >= 0.6 is 11.3 Å². The van der Waals surface area contributed by atoms with E-state index in [1.165, 1.54) is 27.3 Å². The Balaban J connectivity index is 2.37. The summed E-state index contributed by atoms with van der Waals surface area (Å²) in [6.07, 6.45) is 0.974. The van der Waals surface area contributed by atoms with Crippen molar-refractivity contribution >= 4 is 11.3 Å². The summed E-state index contributed by atoms with van der Waals surface area (Å²) in [6.45, 7) is 8.47. The highest BCUT2D eigenvalue weighted by Gasteiger charge is 2.16. The molecule has 0 aliphatic rings. The van der Waals surface area contributed by atoms with Crippen molar-refractivity contribution in [2.75, 3.05) is 0 Å². The number of aromatic nitrogens is 1. The molecule has 0 spiro atoms. The highest BCUT2D eigenvalue weighted by atomic mass is 32.1. The van der Waals surface area contributed by atoms with Gasteiger partial charge in [0.05, 0.1) is 11.7 Å². The second-order valence-electron chi connectivity index (χ2n) is 4.75. The van der Waals surface area contributed by atoms with E-state index in [4.69, 9.17) is 5.73 Å². The van der Waals surface area contributed by atoms with Gasteiger partial charge in [-0.3, -0.25) is 0 Å². The zero-order valence-electron chi connectivity index (χ0n) is 11.4. The summed E-state index contributed by atoms with van der Waals surface area (Å²) in [7, 11) is 0. The first-order chi connectivity index (χ1) is 8.52. The SMILES string of the molecule is CCc1nc(C(N)c2ccc(C)cc2C)sc1C. The molecule has 0 bridgehead atoms. The minimum absolute atomic E-state index is 0.102. The molecule has 0 saturated heterocycles. The van der Waals surface area contributed by atoms with Gasteiger partial charge in [0.2, 0.25) is 0 Å². The summed E-state index contributed by atoms with van der Waals surface area (Å²) in [5.41, 5.74) is 11.2. The molecule has 3 heteroatoms. The zero-order valence-corrected chi connectivity index (χ0v) is 12.3. The zero-order chi connectivity index (χ0) is 13.3. The van der Waals surface area contributed by atoms with Crippen LogP contribution in [-0.2, 0) is 6.42 Å². The van der Waals surface area contributed by atoms with Crippen molar-refractivity contribution in [1.82, 2.24) is 4.98 Å². The lowest BCUT2D eigenvalue weighted by Gasteiger charge is -2.12. The molecule has 0 aliphatic carbocycles. The largest absolute Gasteiger partial charge is 0.318 e. The van der Waals surface area contributed by atoms with Crippen LogP contribution < -0.4 is 5.73 Å². The van der Waals surface area contributed by atoms with Crippen molar-refractivity contribution in [3.63, 3.8) is 0 Å². The molecule has 2 N–H and O–H groups in total. The molecule has 1 aromatic heterocycles. The molecule has 96 valence electrons. The van der Waals surface area contributed by atoms with E-state index in [0.29, 0.717) is 0 Å². The van der Waals surface area contributed by atoms with Gasteiger partial charge in [0, 0.05) is 4.88 Å². The Hall–Kier alpha value is -1.19. The second-order valence-corrected chi connectivity index (χ2v) is 5.98. The molecule has 1 aromatic carbocycles. The Morgan fingerprint density at radius 1 is 1.28 bits per heavy atom. The van der Waals surface area contributed by atoms with E-state index in [1.807, 2.05) is 0 Å². The van der Waals surface area contributed by atoms with E-state index in [2.05, 4.69) is 50.9 Å². The molecular weight excluding hydrogens is 240 g/mol. The number of nitrogens with two attached hydrogens (primary N) is 1. The van der Waals surface area contributed by atoms with E-state index >= 15 is 0 Å². The van der Waals surface area contributed by atoms with Crippen LogP contribution in [0.25, 0.3) is 0 Å². The highest BCUT2D eigenvalue weighted by molar-refractivity contribution is 7.11. The Kier molecular flexibility index (Phi) is 3.83. The Morgan fingerprint density at radius 2 is 2.00 bits per heavy atom. The molecule has 1 unspecified atom stereocenters. The molecule has 0 fully saturated rings. The van der Waals surface area contributed by atoms with E-state index in [9.17, 15) is 0 Å². The van der Waals surface area contributed by atoms with Gasteiger partial charge in [0.15, 0.2) is 0 Å². The van der Waals surface area contributed by atoms with E-state index < -0.39 is 0 Å². The van der Waals surface area contributed by atoms with Gasteiger partial charge in [-0.2, -0.15) is 0 Å². The smallest absolute Gasteiger partial charge is 0.114 e. The van der Waals surface area contributed by atoms with Crippen molar-refractivity contribution in [3.05, 3.63) is 50.5 Å². The number of aryl methyl sites for hydroxylation is 4. The van der Waals surface area contributed by atoms with Crippen molar-refractivity contribution in [3.8, 4) is 0 Å². The van der Waals surface area contributed by atoms with Gasteiger partial charge in [0.1, 0.15) is 5.01 Å². The molecule has 2 nitrogen and oxygen atoms in total. The highest BCUT2D eigenvalue weighted by Crippen LogP contribution is 2.28. The van der Waals surface area contributed by atoms with Gasteiger partial charge in [-0.05, 0) is 38.3 Å². The first-order valence-corrected chi connectivity index (χ1v) is 7.13. The summed E-state index contributed by atoms with van der Waals surface area (Å²) in [4.78, 5) is 5.95. The third-order valence-corrected chi connectivity index (χ3v) is 4.37.